The summed E-state index contributed by atoms with van der Waals surface area (Å²) in [6.45, 7) is 4.52. The molecule has 7 nitrogen and oxygen atoms in total. The minimum atomic E-state index is -0.409. The predicted octanol–water partition coefficient (Wildman–Crippen LogP) is 4.17. The van der Waals surface area contributed by atoms with Crippen molar-refractivity contribution >= 4 is 45.2 Å². The summed E-state index contributed by atoms with van der Waals surface area (Å²) in [6, 6.07) is 11.4. The first-order chi connectivity index (χ1) is 14.9. The van der Waals surface area contributed by atoms with E-state index in [0.717, 1.165) is 5.56 Å². The summed E-state index contributed by atoms with van der Waals surface area (Å²) in [4.78, 5) is 24.7. The summed E-state index contributed by atoms with van der Waals surface area (Å²) in [7, 11) is 0. The Balaban J connectivity index is 1.59. The number of thioether (sulfide) groups is 1. The normalized spacial score (nSPS) is 10.7. The van der Waals surface area contributed by atoms with E-state index in [1.807, 2.05) is 17.6 Å². The molecule has 0 radical (unpaired) electrons. The number of aromatic nitrogens is 3. The molecule has 1 aromatic heterocycles. The zero-order valence-electron chi connectivity index (χ0n) is 17.0. The van der Waals surface area contributed by atoms with Crippen molar-refractivity contribution in [3.8, 4) is 0 Å². The second kappa shape index (κ2) is 10.5. The quantitative estimate of drug-likeness (QED) is 0.448. The van der Waals surface area contributed by atoms with Gasteiger partial charge in [-0.2, -0.15) is 0 Å². The monoisotopic (exact) mass is 505 g/mol. The maximum Gasteiger partial charge on any atom is 0.252 e. The van der Waals surface area contributed by atoms with Crippen molar-refractivity contribution in [2.45, 2.75) is 32.1 Å². The van der Waals surface area contributed by atoms with Crippen LogP contribution in [0.1, 0.15) is 28.7 Å². The summed E-state index contributed by atoms with van der Waals surface area (Å²) in [5, 5.41) is 14.4. The molecule has 3 aromatic rings. The molecule has 2 amide bonds. The van der Waals surface area contributed by atoms with E-state index in [4.69, 9.17) is 0 Å². The third-order valence-electron chi connectivity index (χ3n) is 4.44. The summed E-state index contributed by atoms with van der Waals surface area (Å²) >= 11 is 4.59. The van der Waals surface area contributed by atoms with Gasteiger partial charge in [0.05, 0.1) is 17.9 Å². The molecule has 0 aliphatic rings. The van der Waals surface area contributed by atoms with Crippen LogP contribution in [0.5, 0.6) is 0 Å². The van der Waals surface area contributed by atoms with Gasteiger partial charge < -0.3 is 15.2 Å². The first-order valence-corrected chi connectivity index (χ1v) is 11.3. The van der Waals surface area contributed by atoms with Gasteiger partial charge in [0.1, 0.15) is 5.82 Å². The molecule has 1 heterocycles. The first kappa shape index (κ1) is 23.0. The molecule has 0 saturated carbocycles. The van der Waals surface area contributed by atoms with Crippen molar-refractivity contribution in [2.24, 2.45) is 0 Å². The summed E-state index contributed by atoms with van der Waals surface area (Å²) < 4.78 is 15.9. The Hall–Kier alpha value is -2.72. The fourth-order valence-corrected chi connectivity index (χ4v) is 4.11. The number of carbonyl (C=O) groups is 2. The van der Waals surface area contributed by atoms with E-state index >= 15 is 0 Å². The Kier molecular flexibility index (Phi) is 7.80. The van der Waals surface area contributed by atoms with Gasteiger partial charge in [-0.05, 0) is 59.6 Å². The molecule has 0 aliphatic carbocycles. The van der Waals surface area contributed by atoms with E-state index in [-0.39, 0.29) is 24.1 Å². The van der Waals surface area contributed by atoms with Gasteiger partial charge in [0, 0.05) is 16.7 Å². The lowest BCUT2D eigenvalue weighted by atomic mass is 10.2. The number of anilines is 1. The second-order valence-electron chi connectivity index (χ2n) is 6.60. The van der Waals surface area contributed by atoms with Gasteiger partial charge in [-0.25, -0.2) is 4.39 Å². The van der Waals surface area contributed by atoms with Gasteiger partial charge in [0.15, 0.2) is 11.0 Å². The minimum absolute atomic E-state index is 0.0947. The van der Waals surface area contributed by atoms with Crippen LogP contribution in [-0.4, -0.2) is 32.3 Å². The number of carbonyl (C=O) groups excluding carboxylic acids is 2. The summed E-state index contributed by atoms with van der Waals surface area (Å²) in [5.41, 5.74) is 1.75. The van der Waals surface area contributed by atoms with Gasteiger partial charge in [0.25, 0.3) is 5.91 Å². The van der Waals surface area contributed by atoms with E-state index in [9.17, 15) is 14.0 Å². The van der Waals surface area contributed by atoms with Crippen molar-refractivity contribution < 1.29 is 14.0 Å². The molecule has 162 valence electrons. The highest BCUT2D eigenvalue weighted by molar-refractivity contribution is 9.10. The van der Waals surface area contributed by atoms with Gasteiger partial charge in [-0.1, -0.05) is 30.0 Å². The molecule has 0 unspecified atom stereocenters. The minimum Gasteiger partial charge on any atom is -0.345 e. The van der Waals surface area contributed by atoms with Crippen molar-refractivity contribution in [2.75, 3.05) is 11.1 Å². The Morgan fingerprint density at radius 1 is 1.19 bits per heavy atom. The van der Waals surface area contributed by atoms with Crippen molar-refractivity contribution in [1.29, 1.82) is 0 Å². The zero-order chi connectivity index (χ0) is 22.4. The molecule has 10 heteroatoms. The molecule has 3 rings (SSSR count). The van der Waals surface area contributed by atoms with Crippen LogP contribution in [0.4, 0.5) is 10.1 Å². The molecule has 0 atom stereocenters. The predicted molar refractivity (Wildman–Crippen MR) is 121 cm³/mol. The average Bonchev–Trinajstić information content (AvgIpc) is 3.15. The van der Waals surface area contributed by atoms with E-state index in [2.05, 4.69) is 36.8 Å². The number of amides is 2. The largest absolute Gasteiger partial charge is 0.345 e. The van der Waals surface area contributed by atoms with E-state index in [1.165, 1.54) is 23.9 Å². The van der Waals surface area contributed by atoms with Crippen LogP contribution in [0, 0.1) is 12.7 Å². The maximum absolute atomic E-state index is 13.4. The van der Waals surface area contributed by atoms with Gasteiger partial charge in [-0.15, -0.1) is 10.2 Å². The van der Waals surface area contributed by atoms with Crippen LogP contribution in [0.3, 0.4) is 0 Å². The SMILES string of the molecule is CCn1c(CNC(=O)c2ccccc2Br)nnc1SCC(=O)Nc1cc(F)ccc1C. The van der Waals surface area contributed by atoms with Crippen LogP contribution in [0.25, 0.3) is 0 Å². The Morgan fingerprint density at radius 3 is 2.71 bits per heavy atom. The number of hydrogen-bond donors (Lipinski definition) is 2. The number of nitrogens with one attached hydrogen (secondary N) is 2. The first-order valence-electron chi connectivity index (χ1n) is 9.52. The standard InChI is InChI=1S/C21H21BrFN5O2S/c1-3-28-18(11-24-20(30)15-6-4-5-7-16(15)22)26-27-21(28)31-12-19(29)25-17-10-14(23)9-8-13(17)2/h4-10H,3,11-12H2,1-2H3,(H,24,30)(H,25,29). The lowest BCUT2D eigenvalue weighted by Crippen LogP contribution is -2.25. The van der Waals surface area contributed by atoms with Crippen molar-refractivity contribution in [1.82, 2.24) is 20.1 Å². The highest BCUT2D eigenvalue weighted by atomic mass is 79.9. The van der Waals surface area contributed by atoms with E-state index in [1.54, 1.807) is 31.2 Å². The Labute approximate surface area is 192 Å². The number of benzene rings is 2. The molecular weight excluding hydrogens is 485 g/mol. The lowest BCUT2D eigenvalue weighted by molar-refractivity contribution is -0.113. The topological polar surface area (TPSA) is 88.9 Å². The molecule has 0 bridgehead atoms. The summed E-state index contributed by atoms with van der Waals surface area (Å²) in [6.07, 6.45) is 0. The van der Waals surface area contributed by atoms with Gasteiger partial charge in [-0.3, -0.25) is 9.59 Å². The highest BCUT2D eigenvalue weighted by Gasteiger charge is 2.16. The third kappa shape index (κ3) is 5.92. The smallest absolute Gasteiger partial charge is 0.252 e. The molecule has 0 spiro atoms. The molecule has 31 heavy (non-hydrogen) atoms. The van der Waals surface area contributed by atoms with Crippen LogP contribution in [0.15, 0.2) is 52.1 Å². The number of aryl methyl sites for hydroxylation is 1. The van der Waals surface area contributed by atoms with Crippen LogP contribution in [0.2, 0.25) is 0 Å². The van der Waals surface area contributed by atoms with E-state index in [0.29, 0.717) is 33.2 Å². The molecular formula is C21H21BrFN5O2S. The fourth-order valence-electron chi connectivity index (χ4n) is 2.82. The second-order valence-corrected chi connectivity index (χ2v) is 8.40. The molecule has 2 aromatic carbocycles. The van der Waals surface area contributed by atoms with Crippen molar-refractivity contribution in [3.05, 3.63) is 69.7 Å². The molecule has 0 fully saturated rings. The third-order valence-corrected chi connectivity index (χ3v) is 6.10. The fraction of sp³-hybridized carbons (Fsp3) is 0.238. The zero-order valence-corrected chi connectivity index (χ0v) is 19.4. The Bertz CT molecular complexity index is 1110. The Morgan fingerprint density at radius 2 is 1.97 bits per heavy atom. The molecule has 0 saturated heterocycles. The van der Waals surface area contributed by atoms with Gasteiger partial charge in [0.2, 0.25) is 5.91 Å². The maximum atomic E-state index is 13.4. The van der Waals surface area contributed by atoms with Crippen LogP contribution >= 0.6 is 27.7 Å². The molecule has 0 aliphatic heterocycles. The molecule has 2 N–H and O–H groups in total. The highest BCUT2D eigenvalue weighted by Crippen LogP contribution is 2.20. The number of nitrogens with zero attached hydrogens (tertiary/aromatic N) is 3. The van der Waals surface area contributed by atoms with Gasteiger partial charge >= 0.3 is 0 Å². The number of rotatable bonds is 8. The number of hydrogen-bond acceptors (Lipinski definition) is 5. The van der Waals surface area contributed by atoms with E-state index < -0.39 is 5.82 Å². The summed E-state index contributed by atoms with van der Waals surface area (Å²) in [5.74, 6) is -0.220. The van der Waals surface area contributed by atoms with Crippen LogP contribution in [-0.2, 0) is 17.9 Å². The lowest BCUT2D eigenvalue weighted by Gasteiger charge is -2.10. The van der Waals surface area contributed by atoms with Crippen molar-refractivity contribution in [3.63, 3.8) is 0 Å². The number of halogens is 2. The average molecular weight is 506 g/mol. The van der Waals surface area contributed by atoms with Crippen LogP contribution < -0.4 is 10.6 Å².